The molecule has 1 aliphatic heterocycles. The summed E-state index contributed by atoms with van der Waals surface area (Å²) in [6, 6.07) is 3.93. The third-order valence-corrected chi connectivity index (χ3v) is 2.92. The normalized spacial score (nSPS) is 16.1. The summed E-state index contributed by atoms with van der Waals surface area (Å²) in [5.41, 5.74) is 5.93. The fraction of sp³-hybridized carbons (Fsp3) is 0.462. The maximum Gasteiger partial charge on any atom is 0.258 e. The van der Waals surface area contributed by atoms with Crippen molar-refractivity contribution in [2.45, 2.75) is 18.9 Å². The zero-order chi connectivity index (χ0) is 13.7. The van der Waals surface area contributed by atoms with Gasteiger partial charge in [-0.1, -0.05) is 0 Å². The van der Waals surface area contributed by atoms with Gasteiger partial charge in [0.05, 0.1) is 5.69 Å². The van der Waals surface area contributed by atoms with E-state index in [0.29, 0.717) is 18.9 Å². The molecule has 0 radical (unpaired) electrons. The third kappa shape index (κ3) is 4.10. The Hall–Kier alpha value is -1.82. The van der Waals surface area contributed by atoms with Crippen LogP contribution in [0.15, 0.2) is 18.2 Å². The molecule has 1 aromatic rings. The quantitative estimate of drug-likeness (QED) is 0.801. The van der Waals surface area contributed by atoms with Gasteiger partial charge in [0, 0.05) is 25.3 Å². The van der Waals surface area contributed by atoms with Crippen molar-refractivity contribution in [3.63, 3.8) is 0 Å². The minimum Gasteiger partial charge on any atom is -0.482 e. The molecule has 1 aromatic carbocycles. The molecule has 0 unspecified atom stereocenters. The Morgan fingerprint density at radius 3 is 2.95 bits per heavy atom. The van der Waals surface area contributed by atoms with Gasteiger partial charge in [-0.15, -0.1) is 0 Å². The molecule has 0 saturated carbocycles. The van der Waals surface area contributed by atoms with Gasteiger partial charge in [-0.25, -0.2) is 4.39 Å². The zero-order valence-electron chi connectivity index (χ0n) is 10.5. The topological polar surface area (TPSA) is 73.6 Å². The summed E-state index contributed by atoms with van der Waals surface area (Å²) in [4.78, 5) is 11.7. The van der Waals surface area contributed by atoms with Crippen molar-refractivity contribution in [3.05, 3.63) is 24.0 Å². The van der Waals surface area contributed by atoms with Crippen molar-refractivity contribution in [1.82, 2.24) is 5.32 Å². The van der Waals surface area contributed by atoms with Gasteiger partial charge >= 0.3 is 0 Å². The fourth-order valence-electron chi connectivity index (χ4n) is 1.89. The van der Waals surface area contributed by atoms with Crippen molar-refractivity contribution >= 4 is 11.6 Å². The largest absolute Gasteiger partial charge is 0.482 e. The SMILES string of the molecule is Nc1ccc(F)cc1OCC(=O)NC1CCOCC1. The molecule has 2 rings (SSSR count). The van der Waals surface area contributed by atoms with Crippen LogP contribution in [0, 0.1) is 5.82 Å². The second-order valence-electron chi connectivity index (χ2n) is 4.42. The van der Waals surface area contributed by atoms with E-state index < -0.39 is 5.82 Å². The summed E-state index contributed by atoms with van der Waals surface area (Å²) in [7, 11) is 0. The number of carbonyl (C=O) groups excluding carboxylic acids is 1. The molecule has 19 heavy (non-hydrogen) atoms. The van der Waals surface area contributed by atoms with Crippen molar-refractivity contribution in [3.8, 4) is 5.75 Å². The summed E-state index contributed by atoms with van der Waals surface area (Å²) >= 11 is 0. The molecule has 1 amide bonds. The average molecular weight is 268 g/mol. The van der Waals surface area contributed by atoms with Crippen LogP contribution in [-0.2, 0) is 9.53 Å². The van der Waals surface area contributed by atoms with Gasteiger partial charge in [-0.3, -0.25) is 4.79 Å². The second kappa shape index (κ2) is 6.38. The molecule has 1 saturated heterocycles. The van der Waals surface area contributed by atoms with Crippen LogP contribution < -0.4 is 15.8 Å². The number of carbonyl (C=O) groups is 1. The van der Waals surface area contributed by atoms with E-state index in [-0.39, 0.29) is 24.3 Å². The fourth-order valence-corrected chi connectivity index (χ4v) is 1.89. The maximum absolute atomic E-state index is 13.0. The molecule has 1 aliphatic rings. The van der Waals surface area contributed by atoms with Crippen molar-refractivity contribution in [2.24, 2.45) is 0 Å². The molecule has 0 bridgehead atoms. The van der Waals surface area contributed by atoms with Gasteiger partial charge in [0.2, 0.25) is 0 Å². The summed E-state index contributed by atoms with van der Waals surface area (Å²) in [5.74, 6) is -0.508. The standard InChI is InChI=1S/C13H17FN2O3/c14-9-1-2-11(15)12(7-9)19-8-13(17)16-10-3-5-18-6-4-10/h1-2,7,10H,3-6,8,15H2,(H,16,17). The van der Waals surface area contributed by atoms with Crippen LogP contribution in [0.5, 0.6) is 5.75 Å². The summed E-state index contributed by atoms with van der Waals surface area (Å²) < 4.78 is 23.4. The monoisotopic (exact) mass is 268 g/mol. The Labute approximate surface area is 110 Å². The molecule has 0 aromatic heterocycles. The lowest BCUT2D eigenvalue weighted by molar-refractivity contribution is -0.124. The molecular weight excluding hydrogens is 251 g/mol. The molecular formula is C13H17FN2O3. The van der Waals surface area contributed by atoms with Crippen LogP contribution in [0.2, 0.25) is 0 Å². The first kappa shape index (κ1) is 13.6. The number of nitrogens with two attached hydrogens (primary N) is 1. The molecule has 0 aliphatic carbocycles. The summed E-state index contributed by atoms with van der Waals surface area (Å²) in [5, 5.41) is 2.84. The highest BCUT2D eigenvalue weighted by atomic mass is 19.1. The third-order valence-electron chi connectivity index (χ3n) is 2.92. The van der Waals surface area contributed by atoms with Crippen LogP contribution >= 0.6 is 0 Å². The highest BCUT2D eigenvalue weighted by molar-refractivity contribution is 5.78. The average Bonchev–Trinajstić information content (AvgIpc) is 2.41. The number of hydrogen-bond acceptors (Lipinski definition) is 4. The smallest absolute Gasteiger partial charge is 0.258 e. The van der Waals surface area contributed by atoms with Gasteiger partial charge in [-0.05, 0) is 25.0 Å². The Morgan fingerprint density at radius 1 is 1.47 bits per heavy atom. The Morgan fingerprint density at radius 2 is 2.21 bits per heavy atom. The van der Waals surface area contributed by atoms with E-state index >= 15 is 0 Å². The molecule has 3 N–H and O–H groups in total. The van der Waals surface area contributed by atoms with E-state index in [4.69, 9.17) is 15.2 Å². The number of hydrogen-bond donors (Lipinski definition) is 2. The van der Waals surface area contributed by atoms with E-state index in [1.54, 1.807) is 0 Å². The number of nitrogen functional groups attached to an aromatic ring is 1. The number of anilines is 1. The lowest BCUT2D eigenvalue weighted by Gasteiger charge is -2.23. The van der Waals surface area contributed by atoms with Crippen molar-refractivity contribution in [1.29, 1.82) is 0 Å². The number of ether oxygens (including phenoxy) is 2. The summed E-state index contributed by atoms with van der Waals surface area (Å²) in [6.45, 7) is 1.14. The zero-order valence-corrected chi connectivity index (χ0v) is 10.5. The molecule has 0 spiro atoms. The number of benzene rings is 1. The van der Waals surface area contributed by atoms with Gasteiger partial charge in [0.1, 0.15) is 11.6 Å². The number of amides is 1. The molecule has 104 valence electrons. The number of nitrogens with one attached hydrogen (secondary N) is 1. The van der Waals surface area contributed by atoms with E-state index in [1.165, 1.54) is 12.1 Å². The first-order chi connectivity index (χ1) is 9.15. The molecule has 5 nitrogen and oxygen atoms in total. The van der Waals surface area contributed by atoms with Crippen LogP contribution in [0.3, 0.4) is 0 Å². The minimum absolute atomic E-state index is 0.120. The lowest BCUT2D eigenvalue weighted by Crippen LogP contribution is -2.41. The van der Waals surface area contributed by atoms with E-state index in [1.807, 2.05) is 0 Å². The molecule has 6 heteroatoms. The highest BCUT2D eigenvalue weighted by Gasteiger charge is 2.16. The predicted octanol–water partition coefficient (Wildman–Crippen LogP) is 1.08. The van der Waals surface area contributed by atoms with Crippen LogP contribution in [-0.4, -0.2) is 31.8 Å². The predicted molar refractivity (Wildman–Crippen MR) is 68.3 cm³/mol. The van der Waals surface area contributed by atoms with Gasteiger partial charge in [-0.2, -0.15) is 0 Å². The van der Waals surface area contributed by atoms with E-state index in [9.17, 15) is 9.18 Å². The Kier molecular flexibility index (Phi) is 4.57. The van der Waals surface area contributed by atoms with Gasteiger partial charge in [0.15, 0.2) is 6.61 Å². The lowest BCUT2D eigenvalue weighted by atomic mass is 10.1. The van der Waals surface area contributed by atoms with Crippen molar-refractivity contribution < 1.29 is 18.7 Å². The maximum atomic E-state index is 13.0. The number of halogens is 1. The first-order valence-corrected chi connectivity index (χ1v) is 6.20. The van der Waals surface area contributed by atoms with Crippen LogP contribution in [0.1, 0.15) is 12.8 Å². The first-order valence-electron chi connectivity index (χ1n) is 6.20. The molecule has 1 fully saturated rings. The summed E-state index contributed by atoms with van der Waals surface area (Å²) in [6.07, 6.45) is 1.60. The second-order valence-corrected chi connectivity index (χ2v) is 4.42. The highest BCUT2D eigenvalue weighted by Crippen LogP contribution is 2.21. The van der Waals surface area contributed by atoms with Crippen LogP contribution in [0.4, 0.5) is 10.1 Å². The van der Waals surface area contributed by atoms with Crippen molar-refractivity contribution in [2.75, 3.05) is 25.6 Å². The Bertz CT molecular complexity index is 448. The number of rotatable bonds is 4. The Balaban J connectivity index is 1.81. The van der Waals surface area contributed by atoms with Crippen LogP contribution in [0.25, 0.3) is 0 Å². The molecule has 1 heterocycles. The minimum atomic E-state index is -0.450. The van der Waals surface area contributed by atoms with E-state index in [0.717, 1.165) is 18.9 Å². The van der Waals surface area contributed by atoms with Gasteiger partial charge < -0.3 is 20.5 Å². The van der Waals surface area contributed by atoms with Gasteiger partial charge in [0.25, 0.3) is 5.91 Å². The molecule has 0 atom stereocenters. The van der Waals surface area contributed by atoms with E-state index in [2.05, 4.69) is 5.32 Å².